The fourth-order valence-electron chi connectivity index (χ4n) is 4.18. The zero-order valence-electron chi connectivity index (χ0n) is 18.1. The van der Waals surface area contributed by atoms with Gasteiger partial charge in [0.1, 0.15) is 6.17 Å². The highest BCUT2D eigenvalue weighted by Crippen LogP contribution is 2.38. The smallest absolute Gasteiger partial charge is 0.258 e. The predicted molar refractivity (Wildman–Crippen MR) is 126 cm³/mol. The lowest BCUT2D eigenvalue weighted by atomic mass is 9.99. The molecule has 1 amide bonds. The molecule has 2 aromatic heterocycles. The van der Waals surface area contributed by atoms with Gasteiger partial charge in [0, 0.05) is 41.4 Å². The van der Waals surface area contributed by atoms with Crippen molar-refractivity contribution in [3.63, 3.8) is 0 Å². The molecule has 0 unspecified atom stereocenters. The van der Waals surface area contributed by atoms with E-state index in [4.69, 9.17) is 5.10 Å². The average Bonchev–Trinajstić information content (AvgIpc) is 3.30. The molecule has 160 valence electrons. The minimum atomic E-state index is -0.340. The Labute approximate surface area is 187 Å². The Morgan fingerprint density at radius 3 is 2.47 bits per heavy atom. The molecule has 0 aliphatic carbocycles. The van der Waals surface area contributed by atoms with Crippen LogP contribution in [0.15, 0.2) is 85.3 Å². The summed E-state index contributed by atoms with van der Waals surface area (Å²) in [5, 5.41) is 8.56. The van der Waals surface area contributed by atoms with E-state index in [-0.39, 0.29) is 18.1 Å². The van der Waals surface area contributed by atoms with Crippen LogP contribution < -0.4 is 5.32 Å². The summed E-state index contributed by atoms with van der Waals surface area (Å²) in [5.74, 6) is 0.0341. The lowest BCUT2D eigenvalue weighted by Crippen LogP contribution is -2.47. The molecule has 1 aliphatic heterocycles. The van der Waals surface area contributed by atoms with Crippen LogP contribution >= 0.6 is 0 Å². The third-order valence-corrected chi connectivity index (χ3v) is 6.04. The molecule has 2 atom stereocenters. The van der Waals surface area contributed by atoms with Gasteiger partial charge in [-0.15, -0.1) is 0 Å². The van der Waals surface area contributed by atoms with Crippen LogP contribution in [0.1, 0.15) is 42.4 Å². The van der Waals surface area contributed by atoms with Crippen molar-refractivity contribution in [2.75, 3.05) is 5.32 Å². The predicted octanol–water partition coefficient (Wildman–Crippen LogP) is 5.30. The van der Waals surface area contributed by atoms with Crippen molar-refractivity contribution in [2.24, 2.45) is 0 Å². The van der Waals surface area contributed by atoms with E-state index < -0.39 is 0 Å². The summed E-state index contributed by atoms with van der Waals surface area (Å²) in [6, 6.07) is 21.7. The summed E-state index contributed by atoms with van der Waals surface area (Å²) < 4.78 is 1.88. The Kier molecular flexibility index (Phi) is 5.19. The highest BCUT2D eigenvalue weighted by molar-refractivity contribution is 6.02. The maximum absolute atomic E-state index is 13.6. The molecule has 5 rings (SSSR count). The Hall–Kier alpha value is -3.93. The fourth-order valence-corrected chi connectivity index (χ4v) is 4.18. The molecule has 0 saturated heterocycles. The normalized spacial score (nSPS) is 16.4. The number of nitrogens with one attached hydrogen (secondary N) is 1. The van der Waals surface area contributed by atoms with Crippen LogP contribution in [-0.4, -0.2) is 31.6 Å². The van der Waals surface area contributed by atoms with Gasteiger partial charge in [0.25, 0.3) is 5.91 Å². The van der Waals surface area contributed by atoms with E-state index in [1.807, 2.05) is 82.5 Å². The Morgan fingerprint density at radius 1 is 1.00 bits per heavy atom. The van der Waals surface area contributed by atoms with Gasteiger partial charge in [0.15, 0.2) is 0 Å². The van der Waals surface area contributed by atoms with E-state index in [0.717, 1.165) is 34.6 Å². The third-order valence-electron chi connectivity index (χ3n) is 6.04. The fraction of sp³-hybridized carbons (Fsp3) is 0.192. The molecule has 0 spiro atoms. The molecule has 0 saturated carbocycles. The third kappa shape index (κ3) is 3.43. The van der Waals surface area contributed by atoms with Gasteiger partial charge in [0.2, 0.25) is 0 Å². The van der Waals surface area contributed by atoms with Crippen LogP contribution in [-0.2, 0) is 0 Å². The minimum Gasteiger partial charge on any atom is -0.361 e. The topological polar surface area (TPSA) is 63.1 Å². The number of carbonyl (C=O) groups is 1. The maximum atomic E-state index is 13.6. The lowest BCUT2D eigenvalue weighted by molar-refractivity contribution is 0.0594. The maximum Gasteiger partial charge on any atom is 0.258 e. The molecular weight excluding hydrogens is 398 g/mol. The molecule has 1 aliphatic rings. The standard InChI is InChI=1S/C26H25N5O/c1-3-18(2)31-25(28-23-12-8-7-11-21(23)26(31)32)22-17-30(20-9-5-4-6-10-20)29-24(22)19-13-15-27-16-14-19/h4-18,25,28H,3H2,1-2H3/t18-,25+/m1/s1. The molecule has 6 nitrogen and oxygen atoms in total. The number of benzene rings is 2. The second-order valence-corrected chi connectivity index (χ2v) is 8.01. The molecule has 1 N–H and O–H groups in total. The van der Waals surface area contributed by atoms with Gasteiger partial charge in [0.05, 0.1) is 16.9 Å². The summed E-state index contributed by atoms with van der Waals surface area (Å²) in [7, 11) is 0. The largest absolute Gasteiger partial charge is 0.361 e. The number of anilines is 1. The first-order valence-electron chi connectivity index (χ1n) is 10.9. The second-order valence-electron chi connectivity index (χ2n) is 8.01. The van der Waals surface area contributed by atoms with E-state index >= 15 is 0 Å². The molecule has 0 bridgehead atoms. The van der Waals surface area contributed by atoms with Crippen molar-refractivity contribution in [1.29, 1.82) is 0 Å². The molecule has 3 heterocycles. The van der Waals surface area contributed by atoms with Crippen LogP contribution in [0.5, 0.6) is 0 Å². The molecule has 6 heteroatoms. The summed E-state index contributed by atoms with van der Waals surface area (Å²) >= 11 is 0. The molecule has 0 radical (unpaired) electrons. The minimum absolute atomic E-state index is 0.0341. The van der Waals surface area contributed by atoms with Crippen molar-refractivity contribution in [3.05, 3.63) is 96.4 Å². The number of nitrogens with zero attached hydrogens (tertiary/aromatic N) is 4. The zero-order valence-corrected chi connectivity index (χ0v) is 18.1. The van der Waals surface area contributed by atoms with Crippen molar-refractivity contribution in [1.82, 2.24) is 19.7 Å². The van der Waals surface area contributed by atoms with Crippen LogP contribution in [0.25, 0.3) is 16.9 Å². The summed E-state index contributed by atoms with van der Waals surface area (Å²) in [6.07, 6.45) is 6.07. The summed E-state index contributed by atoms with van der Waals surface area (Å²) in [6.45, 7) is 4.20. The first kappa shape index (κ1) is 20.0. The number of para-hydroxylation sites is 2. The quantitative estimate of drug-likeness (QED) is 0.473. The number of hydrogen-bond acceptors (Lipinski definition) is 4. The Balaban J connectivity index is 1.70. The monoisotopic (exact) mass is 423 g/mol. The number of rotatable bonds is 5. The number of carbonyl (C=O) groups excluding carboxylic acids is 1. The van der Waals surface area contributed by atoms with E-state index in [2.05, 4.69) is 24.1 Å². The van der Waals surface area contributed by atoms with Gasteiger partial charge in [-0.25, -0.2) is 4.68 Å². The van der Waals surface area contributed by atoms with E-state index in [1.54, 1.807) is 12.4 Å². The molecular formula is C26H25N5O. The highest BCUT2D eigenvalue weighted by atomic mass is 16.2. The molecule has 2 aromatic carbocycles. The van der Waals surface area contributed by atoms with Crippen LogP contribution in [0.3, 0.4) is 0 Å². The Morgan fingerprint density at radius 2 is 1.72 bits per heavy atom. The van der Waals surface area contributed by atoms with Crippen LogP contribution in [0, 0.1) is 0 Å². The number of fused-ring (bicyclic) bond motifs is 1. The van der Waals surface area contributed by atoms with Gasteiger partial charge in [-0.2, -0.15) is 5.10 Å². The van der Waals surface area contributed by atoms with Crippen molar-refractivity contribution in [3.8, 4) is 16.9 Å². The zero-order chi connectivity index (χ0) is 22.1. The molecule has 32 heavy (non-hydrogen) atoms. The van der Waals surface area contributed by atoms with E-state index in [1.165, 1.54) is 0 Å². The number of pyridine rings is 1. The highest BCUT2D eigenvalue weighted by Gasteiger charge is 2.37. The van der Waals surface area contributed by atoms with Gasteiger partial charge < -0.3 is 10.2 Å². The number of amides is 1. The lowest BCUT2D eigenvalue weighted by Gasteiger charge is -2.41. The van der Waals surface area contributed by atoms with Gasteiger partial charge in [-0.05, 0) is 49.7 Å². The number of aromatic nitrogens is 3. The molecule has 4 aromatic rings. The summed E-state index contributed by atoms with van der Waals surface area (Å²) in [5.41, 5.74) is 5.24. The average molecular weight is 424 g/mol. The molecule has 0 fully saturated rings. The first-order valence-corrected chi connectivity index (χ1v) is 10.9. The van der Waals surface area contributed by atoms with Crippen molar-refractivity contribution >= 4 is 11.6 Å². The van der Waals surface area contributed by atoms with Gasteiger partial charge >= 0.3 is 0 Å². The van der Waals surface area contributed by atoms with Gasteiger partial charge in [-0.1, -0.05) is 37.3 Å². The second kappa shape index (κ2) is 8.30. The van der Waals surface area contributed by atoms with Crippen LogP contribution in [0.4, 0.5) is 5.69 Å². The van der Waals surface area contributed by atoms with Gasteiger partial charge in [-0.3, -0.25) is 9.78 Å². The van der Waals surface area contributed by atoms with E-state index in [0.29, 0.717) is 5.56 Å². The van der Waals surface area contributed by atoms with E-state index in [9.17, 15) is 4.79 Å². The summed E-state index contributed by atoms with van der Waals surface area (Å²) in [4.78, 5) is 19.7. The SMILES string of the molecule is CC[C@@H](C)N1C(=O)c2ccccc2N[C@@H]1c1cn(-c2ccccc2)nc1-c1ccncc1. The van der Waals surface area contributed by atoms with Crippen molar-refractivity contribution < 1.29 is 4.79 Å². The number of hydrogen-bond donors (Lipinski definition) is 1. The Bertz CT molecular complexity index is 1240. The first-order chi connectivity index (χ1) is 15.7. The van der Waals surface area contributed by atoms with Crippen molar-refractivity contribution in [2.45, 2.75) is 32.5 Å². The van der Waals surface area contributed by atoms with Crippen LogP contribution in [0.2, 0.25) is 0 Å².